The van der Waals surface area contributed by atoms with Crippen molar-refractivity contribution in [3.63, 3.8) is 0 Å². The van der Waals surface area contributed by atoms with Crippen LogP contribution < -0.4 is 9.47 Å². The van der Waals surface area contributed by atoms with E-state index in [1.54, 1.807) is 14.2 Å². The van der Waals surface area contributed by atoms with Crippen molar-refractivity contribution in [1.82, 2.24) is 9.80 Å². The molecule has 0 spiro atoms. The van der Waals surface area contributed by atoms with Crippen molar-refractivity contribution in [3.8, 4) is 11.5 Å². The van der Waals surface area contributed by atoms with E-state index in [4.69, 9.17) is 21.1 Å². The summed E-state index contributed by atoms with van der Waals surface area (Å²) in [5, 5.41) is 10.5. The summed E-state index contributed by atoms with van der Waals surface area (Å²) >= 11 is 6.44. The Morgan fingerprint density at radius 1 is 1.04 bits per heavy atom. The van der Waals surface area contributed by atoms with Crippen LogP contribution in [0.2, 0.25) is 5.02 Å². The largest absolute Gasteiger partial charge is 0.493 e. The molecule has 1 N–H and O–H groups in total. The molecule has 2 saturated heterocycles. The van der Waals surface area contributed by atoms with Crippen molar-refractivity contribution in [2.45, 2.75) is 19.4 Å². The third-order valence-corrected chi connectivity index (χ3v) is 5.88. The first kappa shape index (κ1) is 18.8. The van der Waals surface area contributed by atoms with E-state index in [9.17, 15) is 5.11 Å². The topological polar surface area (TPSA) is 45.2 Å². The van der Waals surface area contributed by atoms with Crippen molar-refractivity contribution in [2.24, 2.45) is 11.8 Å². The fourth-order valence-electron chi connectivity index (χ4n) is 4.13. The molecule has 2 fully saturated rings. The average Bonchev–Trinajstić information content (AvgIpc) is 3.26. The van der Waals surface area contributed by atoms with Crippen LogP contribution in [0.1, 0.15) is 18.4 Å². The third kappa shape index (κ3) is 4.40. The number of aliphatic hydroxyl groups is 1. The minimum absolute atomic E-state index is 0.259. The first-order valence-electron chi connectivity index (χ1n) is 9.10. The molecular formula is C19H29ClN2O3. The van der Waals surface area contributed by atoms with Crippen LogP contribution in [0.4, 0.5) is 0 Å². The number of ether oxygens (including phenoxy) is 2. The van der Waals surface area contributed by atoms with Gasteiger partial charge in [0.25, 0.3) is 0 Å². The number of hydrogen-bond donors (Lipinski definition) is 1. The summed E-state index contributed by atoms with van der Waals surface area (Å²) in [6.07, 6.45) is 2.61. The maximum Gasteiger partial charge on any atom is 0.162 e. The molecule has 2 heterocycles. The third-order valence-electron chi connectivity index (χ3n) is 5.52. The van der Waals surface area contributed by atoms with Gasteiger partial charge in [-0.3, -0.25) is 4.90 Å². The number of halogens is 1. The van der Waals surface area contributed by atoms with Crippen molar-refractivity contribution >= 4 is 11.6 Å². The van der Waals surface area contributed by atoms with Gasteiger partial charge in [-0.2, -0.15) is 0 Å². The first-order valence-corrected chi connectivity index (χ1v) is 9.48. The second kappa shape index (κ2) is 8.58. The minimum Gasteiger partial charge on any atom is -0.493 e. The van der Waals surface area contributed by atoms with E-state index >= 15 is 0 Å². The van der Waals surface area contributed by atoms with Crippen LogP contribution in [0.3, 0.4) is 0 Å². The second-order valence-corrected chi connectivity index (χ2v) is 7.61. The van der Waals surface area contributed by atoms with E-state index in [0.717, 1.165) is 31.7 Å². The predicted octanol–water partition coefficient (Wildman–Crippen LogP) is 2.49. The monoisotopic (exact) mass is 368 g/mol. The molecule has 2 atom stereocenters. The fraction of sp³-hybridized carbons (Fsp3) is 0.684. The molecule has 5 nitrogen and oxygen atoms in total. The molecule has 0 bridgehead atoms. The molecule has 0 radical (unpaired) electrons. The Bertz CT molecular complexity index is 578. The number of rotatable bonds is 7. The lowest BCUT2D eigenvalue weighted by Gasteiger charge is -2.23. The Morgan fingerprint density at radius 3 is 2.32 bits per heavy atom. The minimum atomic E-state index is 0.259. The highest BCUT2D eigenvalue weighted by atomic mass is 35.5. The zero-order valence-corrected chi connectivity index (χ0v) is 16.0. The van der Waals surface area contributed by atoms with Gasteiger partial charge in [0.1, 0.15) is 0 Å². The highest BCUT2D eigenvalue weighted by Gasteiger charge is 2.34. The molecule has 0 amide bonds. The predicted molar refractivity (Wildman–Crippen MR) is 99.6 cm³/mol. The maximum atomic E-state index is 9.79. The second-order valence-electron chi connectivity index (χ2n) is 7.20. The molecule has 1 aromatic carbocycles. The lowest BCUT2D eigenvalue weighted by atomic mass is 9.96. The summed E-state index contributed by atoms with van der Waals surface area (Å²) in [6.45, 7) is 6.46. The lowest BCUT2D eigenvalue weighted by molar-refractivity contribution is 0.175. The number of methoxy groups -OCH3 is 2. The van der Waals surface area contributed by atoms with Crippen molar-refractivity contribution in [2.75, 3.05) is 53.6 Å². The van der Waals surface area contributed by atoms with Gasteiger partial charge in [-0.15, -0.1) is 0 Å². The molecule has 2 aliphatic heterocycles. The van der Waals surface area contributed by atoms with Gasteiger partial charge in [-0.05, 0) is 49.4 Å². The van der Waals surface area contributed by atoms with Crippen LogP contribution in [0.5, 0.6) is 11.5 Å². The summed E-state index contributed by atoms with van der Waals surface area (Å²) < 4.78 is 10.7. The standard InChI is InChI=1S/C19H29ClN2O3/c1-24-18-7-14(17(20)8-19(18)25-2)9-22-11-15(16(12-22)13-23)10-21-5-3-4-6-21/h7-8,15-16,23H,3-6,9-13H2,1-2H3/t15-,16-/m1/s1. The molecule has 0 saturated carbocycles. The fourth-order valence-corrected chi connectivity index (χ4v) is 4.35. The van der Waals surface area contributed by atoms with Gasteiger partial charge in [0.15, 0.2) is 11.5 Å². The van der Waals surface area contributed by atoms with Crippen LogP contribution in [0, 0.1) is 11.8 Å². The lowest BCUT2D eigenvalue weighted by Crippen LogP contribution is -2.31. The zero-order valence-electron chi connectivity index (χ0n) is 15.2. The highest BCUT2D eigenvalue weighted by molar-refractivity contribution is 6.31. The van der Waals surface area contributed by atoms with E-state index in [2.05, 4.69) is 9.80 Å². The van der Waals surface area contributed by atoms with Gasteiger partial charge in [0.2, 0.25) is 0 Å². The summed E-state index contributed by atoms with van der Waals surface area (Å²) in [7, 11) is 3.25. The molecule has 6 heteroatoms. The van der Waals surface area contributed by atoms with E-state index < -0.39 is 0 Å². The molecule has 0 aliphatic carbocycles. The molecule has 3 rings (SSSR count). The van der Waals surface area contributed by atoms with Crippen LogP contribution in [-0.4, -0.2) is 68.5 Å². The molecular weight excluding hydrogens is 340 g/mol. The Kier molecular flexibility index (Phi) is 6.44. The summed E-state index contributed by atoms with van der Waals surface area (Å²) in [4.78, 5) is 4.94. The van der Waals surface area contributed by atoms with Crippen molar-refractivity contribution < 1.29 is 14.6 Å². The SMILES string of the molecule is COc1cc(Cl)c(CN2C[C@@H](CN3CCCC3)[C@@H](CO)C2)cc1OC. The molecule has 2 aliphatic rings. The van der Waals surface area contributed by atoms with E-state index in [-0.39, 0.29) is 6.61 Å². The van der Waals surface area contributed by atoms with Crippen molar-refractivity contribution in [3.05, 3.63) is 22.7 Å². The van der Waals surface area contributed by atoms with E-state index in [0.29, 0.717) is 28.4 Å². The van der Waals surface area contributed by atoms with Crippen LogP contribution in [-0.2, 0) is 6.54 Å². The van der Waals surface area contributed by atoms with E-state index in [1.165, 1.54) is 25.9 Å². The smallest absolute Gasteiger partial charge is 0.162 e. The zero-order chi connectivity index (χ0) is 17.8. The summed E-state index contributed by atoms with van der Waals surface area (Å²) in [5.41, 5.74) is 1.04. The Labute approximate surface area is 155 Å². The number of hydrogen-bond acceptors (Lipinski definition) is 5. The highest BCUT2D eigenvalue weighted by Crippen LogP contribution is 2.35. The molecule has 140 valence electrons. The molecule has 25 heavy (non-hydrogen) atoms. The number of benzene rings is 1. The average molecular weight is 369 g/mol. The van der Waals surface area contributed by atoms with Gasteiger partial charge in [0, 0.05) is 43.9 Å². The van der Waals surface area contributed by atoms with Gasteiger partial charge in [-0.1, -0.05) is 11.6 Å². The number of nitrogens with zero attached hydrogens (tertiary/aromatic N) is 2. The number of aliphatic hydroxyl groups excluding tert-OH is 1. The molecule has 1 aromatic rings. The van der Waals surface area contributed by atoms with Gasteiger partial charge in [-0.25, -0.2) is 0 Å². The van der Waals surface area contributed by atoms with Crippen molar-refractivity contribution in [1.29, 1.82) is 0 Å². The van der Waals surface area contributed by atoms with Gasteiger partial charge in [0.05, 0.1) is 14.2 Å². The van der Waals surface area contributed by atoms with Crippen LogP contribution in [0.15, 0.2) is 12.1 Å². The quantitative estimate of drug-likeness (QED) is 0.801. The molecule has 0 unspecified atom stereocenters. The van der Waals surface area contributed by atoms with Crippen LogP contribution in [0.25, 0.3) is 0 Å². The van der Waals surface area contributed by atoms with E-state index in [1.807, 2.05) is 12.1 Å². The molecule has 0 aromatic heterocycles. The number of likely N-dealkylation sites (tertiary alicyclic amines) is 2. The van der Waals surface area contributed by atoms with Gasteiger partial charge >= 0.3 is 0 Å². The summed E-state index contributed by atoms with van der Waals surface area (Å²) in [6, 6.07) is 3.78. The van der Waals surface area contributed by atoms with Crippen LogP contribution >= 0.6 is 11.6 Å². The maximum absolute atomic E-state index is 9.79. The Balaban J connectivity index is 1.66. The normalized spacial score (nSPS) is 24.8. The first-order chi connectivity index (χ1) is 12.1. The summed E-state index contributed by atoms with van der Waals surface area (Å²) in [5.74, 6) is 2.23. The van der Waals surface area contributed by atoms with Gasteiger partial charge < -0.3 is 19.5 Å². The Morgan fingerprint density at radius 2 is 1.68 bits per heavy atom. The Hall–Kier alpha value is -1.01.